The van der Waals surface area contributed by atoms with Crippen molar-refractivity contribution in [3.63, 3.8) is 0 Å². The van der Waals surface area contributed by atoms with Crippen LogP contribution in [0.15, 0.2) is 84.9 Å². The van der Waals surface area contributed by atoms with Crippen molar-refractivity contribution in [3.8, 4) is 22.3 Å². The Kier molecular flexibility index (Phi) is 3.39. The van der Waals surface area contributed by atoms with E-state index >= 15 is 0 Å². The number of pyridine rings is 1. The highest BCUT2D eigenvalue weighted by Gasteiger charge is 2.02. The number of nitrogens with zero attached hydrogens (tertiary/aromatic N) is 1. The Morgan fingerprint density at radius 3 is 1.91 bits per heavy atom. The van der Waals surface area contributed by atoms with Crippen LogP contribution in [0.4, 0.5) is 0 Å². The van der Waals surface area contributed by atoms with Crippen molar-refractivity contribution in [1.82, 2.24) is 4.98 Å². The topological polar surface area (TPSA) is 12.9 Å². The van der Waals surface area contributed by atoms with Crippen LogP contribution in [0.3, 0.4) is 0 Å². The van der Waals surface area contributed by atoms with E-state index in [2.05, 4.69) is 83.8 Å². The number of hydrogen-bond acceptors (Lipinski definition) is 1. The van der Waals surface area contributed by atoms with Gasteiger partial charge in [0, 0.05) is 11.1 Å². The fourth-order valence-electron chi connectivity index (χ4n) is 2.89. The molecule has 0 aliphatic rings. The van der Waals surface area contributed by atoms with Crippen molar-refractivity contribution >= 4 is 10.9 Å². The summed E-state index contributed by atoms with van der Waals surface area (Å²) < 4.78 is 0. The maximum atomic E-state index is 4.56. The highest BCUT2D eigenvalue weighted by molar-refractivity contribution is 5.85. The lowest BCUT2D eigenvalue weighted by Crippen LogP contribution is -1.85. The summed E-state index contributed by atoms with van der Waals surface area (Å²) in [5.74, 6) is 0. The van der Waals surface area contributed by atoms with Crippen LogP contribution < -0.4 is 0 Å². The van der Waals surface area contributed by atoms with E-state index in [0.29, 0.717) is 0 Å². The van der Waals surface area contributed by atoms with E-state index < -0.39 is 0 Å². The molecule has 4 aromatic rings. The number of fused-ring (bicyclic) bond motifs is 1. The first-order valence-electron chi connectivity index (χ1n) is 7.83. The summed E-state index contributed by atoms with van der Waals surface area (Å²) in [7, 11) is 0. The van der Waals surface area contributed by atoms with Crippen LogP contribution in [0, 0.1) is 6.92 Å². The molecule has 0 atom stereocenters. The Labute approximate surface area is 136 Å². The highest BCUT2D eigenvalue weighted by Crippen LogP contribution is 2.27. The Morgan fingerprint density at radius 1 is 0.565 bits per heavy atom. The van der Waals surface area contributed by atoms with Gasteiger partial charge in [-0.3, -0.25) is 4.98 Å². The average Bonchev–Trinajstić information content (AvgIpc) is 2.62. The fourth-order valence-corrected chi connectivity index (χ4v) is 2.89. The van der Waals surface area contributed by atoms with Crippen molar-refractivity contribution < 1.29 is 0 Å². The molecular formula is C22H17N. The number of benzene rings is 3. The van der Waals surface area contributed by atoms with Gasteiger partial charge >= 0.3 is 0 Å². The lowest BCUT2D eigenvalue weighted by atomic mass is 9.99. The van der Waals surface area contributed by atoms with Gasteiger partial charge in [0.15, 0.2) is 0 Å². The van der Waals surface area contributed by atoms with Gasteiger partial charge in [-0.1, -0.05) is 66.7 Å². The fraction of sp³-hybridized carbons (Fsp3) is 0.0455. The Bertz CT molecular complexity index is 954. The predicted octanol–water partition coefficient (Wildman–Crippen LogP) is 5.88. The normalized spacial score (nSPS) is 10.8. The van der Waals surface area contributed by atoms with Gasteiger partial charge in [-0.2, -0.15) is 0 Å². The number of hydrogen-bond donors (Lipinski definition) is 0. The summed E-state index contributed by atoms with van der Waals surface area (Å²) in [6, 6.07) is 29.9. The number of aryl methyl sites for hydroxylation is 1. The lowest BCUT2D eigenvalue weighted by Gasteiger charge is -2.06. The van der Waals surface area contributed by atoms with E-state index in [1.54, 1.807) is 0 Å². The van der Waals surface area contributed by atoms with Crippen molar-refractivity contribution in [3.05, 3.63) is 90.6 Å². The van der Waals surface area contributed by atoms with E-state index in [1.165, 1.54) is 27.6 Å². The third-order valence-electron chi connectivity index (χ3n) is 4.15. The standard InChI is InChI=1S/C22H17N/c1-16-7-8-21-15-20(13-14-22(21)23-16)19-11-9-18(10-12-19)17-5-3-2-4-6-17/h2-15H,1H3. The molecule has 1 aromatic heterocycles. The van der Waals surface area contributed by atoms with Gasteiger partial charge in [0.05, 0.1) is 5.52 Å². The SMILES string of the molecule is Cc1ccc2cc(-c3ccc(-c4ccccc4)cc3)ccc2n1. The van der Waals surface area contributed by atoms with E-state index in [4.69, 9.17) is 0 Å². The van der Waals surface area contributed by atoms with E-state index in [0.717, 1.165) is 11.2 Å². The van der Waals surface area contributed by atoms with E-state index in [1.807, 2.05) is 13.0 Å². The molecule has 1 heteroatoms. The molecule has 1 nitrogen and oxygen atoms in total. The van der Waals surface area contributed by atoms with E-state index in [9.17, 15) is 0 Å². The summed E-state index contributed by atoms with van der Waals surface area (Å²) in [6.45, 7) is 2.02. The van der Waals surface area contributed by atoms with Crippen LogP contribution in [-0.4, -0.2) is 4.98 Å². The van der Waals surface area contributed by atoms with Crippen LogP contribution in [-0.2, 0) is 0 Å². The molecule has 110 valence electrons. The molecule has 0 saturated carbocycles. The maximum absolute atomic E-state index is 4.56. The van der Waals surface area contributed by atoms with Crippen LogP contribution in [0.5, 0.6) is 0 Å². The largest absolute Gasteiger partial charge is 0.253 e. The summed E-state index contributed by atoms with van der Waals surface area (Å²) >= 11 is 0. The molecular weight excluding hydrogens is 278 g/mol. The monoisotopic (exact) mass is 295 g/mol. The number of rotatable bonds is 2. The second-order valence-corrected chi connectivity index (χ2v) is 5.80. The Morgan fingerprint density at radius 2 is 1.17 bits per heavy atom. The summed E-state index contributed by atoms with van der Waals surface area (Å²) in [4.78, 5) is 4.56. The third-order valence-corrected chi connectivity index (χ3v) is 4.15. The molecule has 4 rings (SSSR count). The van der Waals surface area contributed by atoms with Crippen molar-refractivity contribution in [2.75, 3.05) is 0 Å². The molecule has 0 spiro atoms. The molecule has 0 unspecified atom stereocenters. The van der Waals surface area contributed by atoms with Crippen LogP contribution in [0.2, 0.25) is 0 Å². The van der Waals surface area contributed by atoms with Crippen molar-refractivity contribution in [2.45, 2.75) is 6.92 Å². The average molecular weight is 295 g/mol. The molecule has 0 radical (unpaired) electrons. The highest BCUT2D eigenvalue weighted by atomic mass is 14.7. The van der Waals surface area contributed by atoms with Gasteiger partial charge in [-0.15, -0.1) is 0 Å². The molecule has 0 bridgehead atoms. The summed E-state index contributed by atoms with van der Waals surface area (Å²) in [6.07, 6.45) is 0. The molecule has 1 heterocycles. The van der Waals surface area contributed by atoms with E-state index in [-0.39, 0.29) is 0 Å². The van der Waals surface area contributed by atoms with Crippen LogP contribution in [0.1, 0.15) is 5.69 Å². The molecule has 0 N–H and O–H groups in total. The Hall–Kier alpha value is -2.93. The minimum atomic E-state index is 1.05. The smallest absolute Gasteiger partial charge is 0.0705 e. The molecule has 3 aromatic carbocycles. The Balaban J connectivity index is 1.72. The predicted molar refractivity (Wildman–Crippen MR) is 97.4 cm³/mol. The molecule has 0 fully saturated rings. The zero-order valence-corrected chi connectivity index (χ0v) is 13.0. The lowest BCUT2D eigenvalue weighted by molar-refractivity contribution is 1.26. The zero-order chi connectivity index (χ0) is 15.6. The molecule has 0 aliphatic carbocycles. The maximum Gasteiger partial charge on any atom is 0.0705 e. The zero-order valence-electron chi connectivity index (χ0n) is 13.0. The first-order chi connectivity index (χ1) is 11.3. The molecule has 0 aliphatic heterocycles. The van der Waals surface area contributed by atoms with Crippen LogP contribution >= 0.6 is 0 Å². The van der Waals surface area contributed by atoms with Gasteiger partial charge < -0.3 is 0 Å². The van der Waals surface area contributed by atoms with Crippen LogP contribution in [0.25, 0.3) is 33.2 Å². The second kappa shape index (κ2) is 5.69. The summed E-state index contributed by atoms with van der Waals surface area (Å²) in [5, 5.41) is 1.18. The van der Waals surface area contributed by atoms with Gasteiger partial charge in [-0.25, -0.2) is 0 Å². The van der Waals surface area contributed by atoms with Gasteiger partial charge in [0.1, 0.15) is 0 Å². The number of aromatic nitrogens is 1. The third kappa shape index (κ3) is 2.74. The molecule has 23 heavy (non-hydrogen) atoms. The first kappa shape index (κ1) is 13.7. The molecule has 0 amide bonds. The minimum Gasteiger partial charge on any atom is -0.253 e. The summed E-state index contributed by atoms with van der Waals surface area (Å²) in [5.41, 5.74) is 7.05. The quantitative estimate of drug-likeness (QED) is 0.450. The second-order valence-electron chi connectivity index (χ2n) is 5.80. The first-order valence-corrected chi connectivity index (χ1v) is 7.83. The van der Waals surface area contributed by atoms with Gasteiger partial charge in [0.25, 0.3) is 0 Å². The molecule has 0 saturated heterocycles. The van der Waals surface area contributed by atoms with Gasteiger partial charge in [0.2, 0.25) is 0 Å². The van der Waals surface area contributed by atoms with Crippen molar-refractivity contribution in [1.29, 1.82) is 0 Å². The van der Waals surface area contributed by atoms with Crippen molar-refractivity contribution in [2.24, 2.45) is 0 Å². The van der Waals surface area contributed by atoms with Gasteiger partial charge in [-0.05, 0) is 47.4 Å². The minimum absolute atomic E-state index is 1.05.